The van der Waals surface area contributed by atoms with Crippen LogP contribution in [0.25, 0.3) is 0 Å². The van der Waals surface area contributed by atoms with Crippen molar-refractivity contribution in [3.8, 4) is 0 Å². The molecule has 0 saturated heterocycles. The molecule has 0 heterocycles. The maximum Gasteiger partial charge on any atom is 0.0693 e. The molecule has 3 heteroatoms. The Labute approximate surface area is 75.7 Å². The number of methoxy groups -OCH3 is 1. The van der Waals surface area contributed by atoms with E-state index in [1.165, 1.54) is 0 Å². The first-order chi connectivity index (χ1) is 5.54. The number of ether oxygens (including phenoxy) is 2. The molecule has 0 aliphatic heterocycles. The van der Waals surface area contributed by atoms with Gasteiger partial charge in [0.25, 0.3) is 0 Å². The van der Waals surface area contributed by atoms with Crippen LogP contribution in [0.15, 0.2) is 0 Å². The maximum absolute atomic E-state index is 7.94. The van der Waals surface area contributed by atoms with Crippen LogP contribution in [-0.4, -0.2) is 37.6 Å². The van der Waals surface area contributed by atoms with E-state index in [4.69, 9.17) is 9.84 Å². The van der Waals surface area contributed by atoms with E-state index in [1.54, 1.807) is 7.11 Å². The van der Waals surface area contributed by atoms with Crippen molar-refractivity contribution in [2.75, 3.05) is 20.3 Å². The fourth-order valence-electron chi connectivity index (χ4n) is 0.636. The number of hydrogen-bond donors (Lipinski definition) is 1. The van der Waals surface area contributed by atoms with Crippen molar-refractivity contribution >= 4 is 0 Å². The Bertz CT molecular complexity index is 64.2. The van der Waals surface area contributed by atoms with E-state index in [2.05, 4.69) is 4.74 Å². The molecule has 0 rings (SSSR count). The van der Waals surface area contributed by atoms with Crippen molar-refractivity contribution in [2.24, 2.45) is 0 Å². The fraction of sp³-hybridized carbons (Fsp3) is 1.00. The third-order valence-corrected chi connectivity index (χ3v) is 0.840. The molecule has 1 N–H and O–H groups in total. The monoisotopic (exact) mass is 178 g/mol. The summed E-state index contributed by atoms with van der Waals surface area (Å²) in [5.41, 5.74) is 0. The van der Waals surface area contributed by atoms with Gasteiger partial charge in [-0.2, -0.15) is 0 Å². The summed E-state index contributed by atoms with van der Waals surface area (Å²) < 4.78 is 9.69. The van der Waals surface area contributed by atoms with Gasteiger partial charge in [0.15, 0.2) is 0 Å². The molecule has 76 valence electrons. The number of aliphatic hydroxyl groups excluding tert-OH is 1. The van der Waals surface area contributed by atoms with Gasteiger partial charge in [-0.15, -0.1) is 0 Å². The molecule has 0 atom stereocenters. The lowest BCUT2D eigenvalue weighted by Gasteiger charge is -2.09. The standard InChI is InChI=1S/C6H14O.C3H8O2/c1-5(2)7-6(3)4;1-5-3-2-4/h5-6H,1-4H3;4H,2-3H2,1H3. The highest BCUT2D eigenvalue weighted by Gasteiger charge is 1.94. The minimum atomic E-state index is 0.122. The summed E-state index contributed by atoms with van der Waals surface area (Å²) in [6, 6.07) is 0. The Kier molecular flexibility index (Phi) is 13.1. The van der Waals surface area contributed by atoms with E-state index in [9.17, 15) is 0 Å². The van der Waals surface area contributed by atoms with Gasteiger partial charge in [-0.25, -0.2) is 0 Å². The molecule has 0 aliphatic rings. The Balaban J connectivity index is 0. The van der Waals surface area contributed by atoms with Crippen LogP contribution >= 0.6 is 0 Å². The van der Waals surface area contributed by atoms with Crippen molar-refractivity contribution in [2.45, 2.75) is 39.9 Å². The summed E-state index contributed by atoms with van der Waals surface area (Å²) in [5.74, 6) is 0. The average molecular weight is 178 g/mol. The van der Waals surface area contributed by atoms with Crippen molar-refractivity contribution in [1.29, 1.82) is 0 Å². The zero-order valence-electron chi connectivity index (χ0n) is 8.83. The van der Waals surface area contributed by atoms with Crippen LogP contribution in [0.5, 0.6) is 0 Å². The summed E-state index contributed by atoms with van der Waals surface area (Å²) in [4.78, 5) is 0. The highest BCUT2D eigenvalue weighted by Crippen LogP contribution is 1.93. The molecule has 0 fully saturated rings. The summed E-state index contributed by atoms with van der Waals surface area (Å²) in [6.45, 7) is 8.73. The van der Waals surface area contributed by atoms with Gasteiger partial charge in [0.05, 0.1) is 25.4 Å². The highest BCUT2D eigenvalue weighted by atomic mass is 16.5. The topological polar surface area (TPSA) is 38.7 Å². The van der Waals surface area contributed by atoms with Crippen LogP contribution in [0.3, 0.4) is 0 Å². The quantitative estimate of drug-likeness (QED) is 0.708. The first-order valence-electron chi connectivity index (χ1n) is 4.29. The Hall–Kier alpha value is -0.120. The SMILES string of the molecule is CC(C)OC(C)C.COCCO. The Morgan fingerprint density at radius 1 is 1.08 bits per heavy atom. The van der Waals surface area contributed by atoms with Crippen LogP contribution < -0.4 is 0 Å². The molecule has 0 amide bonds. The Morgan fingerprint density at radius 3 is 1.50 bits per heavy atom. The normalized spacial score (nSPS) is 10.0. The van der Waals surface area contributed by atoms with E-state index in [-0.39, 0.29) is 6.61 Å². The molecule has 3 nitrogen and oxygen atoms in total. The minimum Gasteiger partial charge on any atom is -0.394 e. The molecule has 0 aromatic carbocycles. The van der Waals surface area contributed by atoms with Gasteiger partial charge in [-0.05, 0) is 27.7 Å². The predicted octanol–water partition coefficient (Wildman–Crippen LogP) is 1.44. The van der Waals surface area contributed by atoms with Gasteiger partial charge in [-0.3, -0.25) is 0 Å². The van der Waals surface area contributed by atoms with Crippen LogP contribution in [0.2, 0.25) is 0 Å². The molecule has 0 saturated carbocycles. The second kappa shape index (κ2) is 10.9. The fourth-order valence-corrected chi connectivity index (χ4v) is 0.636. The van der Waals surface area contributed by atoms with Crippen molar-refractivity contribution in [1.82, 2.24) is 0 Å². The van der Waals surface area contributed by atoms with Gasteiger partial charge in [0.1, 0.15) is 0 Å². The molecular formula is C9H22O3. The van der Waals surface area contributed by atoms with Gasteiger partial charge in [-0.1, -0.05) is 0 Å². The second-order valence-corrected chi connectivity index (χ2v) is 2.95. The summed E-state index contributed by atoms with van der Waals surface area (Å²) in [6.07, 6.45) is 0.750. The van der Waals surface area contributed by atoms with Crippen molar-refractivity contribution < 1.29 is 14.6 Å². The highest BCUT2D eigenvalue weighted by molar-refractivity contribution is 4.40. The lowest BCUT2D eigenvalue weighted by molar-refractivity contribution is 0.0300. The first-order valence-corrected chi connectivity index (χ1v) is 4.29. The molecule has 0 radical (unpaired) electrons. The van der Waals surface area contributed by atoms with Crippen LogP contribution in [0.1, 0.15) is 27.7 Å². The van der Waals surface area contributed by atoms with Gasteiger partial charge >= 0.3 is 0 Å². The maximum atomic E-state index is 7.94. The molecule has 0 aliphatic carbocycles. The second-order valence-electron chi connectivity index (χ2n) is 2.95. The molecule has 0 spiro atoms. The van der Waals surface area contributed by atoms with Gasteiger partial charge < -0.3 is 14.6 Å². The molecule has 0 aromatic heterocycles. The molecule has 12 heavy (non-hydrogen) atoms. The molecule has 0 bridgehead atoms. The van der Waals surface area contributed by atoms with Crippen LogP contribution in [-0.2, 0) is 9.47 Å². The predicted molar refractivity (Wildman–Crippen MR) is 50.3 cm³/mol. The molecule has 0 unspecified atom stereocenters. The van der Waals surface area contributed by atoms with E-state index in [0.29, 0.717) is 18.8 Å². The first kappa shape index (κ1) is 14.4. The van der Waals surface area contributed by atoms with Crippen molar-refractivity contribution in [3.05, 3.63) is 0 Å². The van der Waals surface area contributed by atoms with E-state index >= 15 is 0 Å². The lowest BCUT2D eigenvalue weighted by atomic mass is 10.4. The number of hydrogen-bond acceptors (Lipinski definition) is 3. The third kappa shape index (κ3) is 22.5. The number of aliphatic hydroxyl groups is 1. The summed E-state index contributed by atoms with van der Waals surface area (Å²) >= 11 is 0. The van der Waals surface area contributed by atoms with Crippen molar-refractivity contribution in [3.63, 3.8) is 0 Å². The van der Waals surface area contributed by atoms with E-state index in [1.807, 2.05) is 27.7 Å². The zero-order valence-corrected chi connectivity index (χ0v) is 8.83. The molecule has 0 aromatic rings. The van der Waals surface area contributed by atoms with E-state index < -0.39 is 0 Å². The zero-order chi connectivity index (χ0) is 9.98. The molecular weight excluding hydrogens is 156 g/mol. The van der Waals surface area contributed by atoms with E-state index in [0.717, 1.165) is 0 Å². The third-order valence-electron chi connectivity index (χ3n) is 0.840. The Morgan fingerprint density at radius 2 is 1.50 bits per heavy atom. The summed E-state index contributed by atoms with van der Waals surface area (Å²) in [5, 5.41) is 7.94. The lowest BCUT2D eigenvalue weighted by Crippen LogP contribution is -2.09. The smallest absolute Gasteiger partial charge is 0.0693 e. The van der Waals surface area contributed by atoms with Crippen LogP contribution in [0.4, 0.5) is 0 Å². The van der Waals surface area contributed by atoms with Gasteiger partial charge in [0.2, 0.25) is 0 Å². The largest absolute Gasteiger partial charge is 0.394 e. The summed E-state index contributed by atoms with van der Waals surface area (Å²) in [7, 11) is 1.55. The minimum absolute atomic E-state index is 0.122. The average Bonchev–Trinajstić information content (AvgIpc) is 1.87. The number of rotatable bonds is 4. The van der Waals surface area contributed by atoms with Gasteiger partial charge in [0, 0.05) is 7.11 Å². The van der Waals surface area contributed by atoms with Crippen LogP contribution in [0, 0.1) is 0 Å².